The Morgan fingerprint density at radius 2 is 1.40 bits per heavy atom. The summed E-state index contributed by atoms with van der Waals surface area (Å²) in [6.07, 6.45) is 3.91. The monoisotopic (exact) mass is 498 g/mol. The Kier molecular flexibility index (Phi) is 16.1. The lowest BCUT2D eigenvalue weighted by molar-refractivity contribution is 0.310. The van der Waals surface area contributed by atoms with Crippen LogP contribution in [0.3, 0.4) is 0 Å². The van der Waals surface area contributed by atoms with E-state index < -0.39 is 0 Å². The summed E-state index contributed by atoms with van der Waals surface area (Å²) in [5, 5.41) is 9.00. The van der Waals surface area contributed by atoms with Crippen LogP contribution in [0.1, 0.15) is 12.8 Å². The highest BCUT2D eigenvalue weighted by Crippen LogP contribution is 2.36. The predicted molar refractivity (Wildman–Crippen MR) is 150 cm³/mol. The van der Waals surface area contributed by atoms with Gasteiger partial charge in [0.15, 0.2) is 0 Å². The maximum atomic E-state index is 5.87. The molecule has 0 unspecified atom stereocenters. The third-order valence-corrected chi connectivity index (χ3v) is 5.67. The summed E-state index contributed by atoms with van der Waals surface area (Å²) in [4.78, 5) is 6.42. The zero-order valence-corrected chi connectivity index (χ0v) is 21.4. The molecule has 0 saturated carbocycles. The molecule has 0 atom stereocenters. The first kappa shape index (κ1) is 29.6. The Morgan fingerprint density at radius 3 is 1.89 bits per heavy atom. The third kappa shape index (κ3) is 11.5. The van der Waals surface area contributed by atoms with E-state index in [2.05, 4.69) is 58.2 Å². The lowest BCUT2D eigenvalue weighted by atomic mass is 10.1. The number of rotatable bonds is 12. The van der Waals surface area contributed by atoms with Crippen LogP contribution >= 0.6 is 11.3 Å². The van der Waals surface area contributed by atoms with Gasteiger partial charge in [-0.05, 0) is 74.6 Å². The fourth-order valence-electron chi connectivity index (χ4n) is 2.99. The average Bonchev–Trinajstić information content (AvgIpc) is 3.39. The Bertz CT molecular complexity index is 993. The van der Waals surface area contributed by atoms with Gasteiger partial charge in [0.1, 0.15) is 11.5 Å². The third-order valence-electron chi connectivity index (χ3n) is 4.49. The van der Waals surface area contributed by atoms with Crippen molar-refractivity contribution in [3.63, 3.8) is 0 Å². The molecule has 1 aromatic heterocycles. The lowest BCUT2D eigenvalue weighted by Gasteiger charge is -2.07. The highest BCUT2D eigenvalue weighted by atomic mass is 32.1. The molecule has 190 valence electrons. The van der Waals surface area contributed by atoms with Crippen LogP contribution in [-0.2, 0) is 0 Å². The van der Waals surface area contributed by atoms with E-state index >= 15 is 0 Å². The van der Waals surface area contributed by atoms with Crippen molar-refractivity contribution in [2.75, 3.05) is 40.4 Å². The molecule has 8 nitrogen and oxygen atoms in total. The van der Waals surface area contributed by atoms with Crippen molar-refractivity contribution in [2.45, 2.75) is 12.8 Å². The van der Waals surface area contributed by atoms with Gasteiger partial charge in [-0.3, -0.25) is 10.4 Å². The number of hydrogen-bond donors (Lipinski definition) is 5. The Hall–Kier alpha value is -3.40. The van der Waals surface area contributed by atoms with Crippen LogP contribution in [0.25, 0.3) is 20.9 Å². The number of aliphatic imine (C=N–C) groups is 1. The van der Waals surface area contributed by atoms with Gasteiger partial charge in [-0.2, -0.15) is 0 Å². The van der Waals surface area contributed by atoms with Crippen LogP contribution in [0.4, 0.5) is 0 Å². The van der Waals surface area contributed by atoms with E-state index in [9.17, 15) is 0 Å². The van der Waals surface area contributed by atoms with Crippen LogP contribution in [0.15, 0.2) is 65.7 Å². The summed E-state index contributed by atoms with van der Waals surface area (Å²) < 4.78 is 11.7. The minimum atomic E-state index is 0.623. The minimum absolute atomic E-state index is 0.623. The van der Waals surface area contributed by atoms with E-state index in [1.165, 1.54) is 28.7 Å². The second kappa shape index (κ2) is 19.0. The molecule has 3 rings (SSSR count). The number of nitrogens with two attached hydrogens (primary N) is 3. The molecular weight excluding hydrogens is 460 g/mol. The molecule has 1 heterocycles. The molecular formula is C26H38N6O2S. The molecule has 0 aliphatic carbocycles. The van der Waals surface area contributed by atoms with Gasteiger partial charge in [-0.25, -0.2) is 0 Å². The smallest absolute Gasteiger partial charge is 0.119 e. The predicted octanol–water partition coefficient (Wildman–Crippen LogP) is 3.95. The number of benzene rings is 2. The molecule has 3 aromatic rings. The van der Waals surface area contributed by atoms with Crippen molar-refractivity contribution in [1.29, 1.82) is 5.41 Å². The maximum absolute atomic E-state index is 5.87. The topological polar surface area (TPSA) is 145 Å². The van der Waals surface area contributed by atoms with Crippen LogP contribution in [0.5, 0.6) is 11.5 Å². The summed E-state index contributed by atoms with van der Waals surface area (Å²) in [6, 6.07) is 20.8. The Labute approximate surface area is 212 Å². The van der Waals surface area contributed by atoms with Crippen LogP contribution in [0, 0.1) is 5.41 Å². The van der Waals surface area contributed by atoms with E-state index in [0.717, 1.165) is 42.8 Å². The number of nitrogens with zero attached hydrogens (tertiary/aromatic N) is 1. The van der Waals surface area contributed by atoms with E-state index in [1.54, 1.807) is 11.3 Å². The van der Waals surface area contributed by atoms with Crippen molar-refractivity contribution in [3.05, 3.63) is 60.7 Å². The number of ether oxygens (including phenoxy) is 2. The first-order chi connectivity index (χ1) is 17.2. The van der Waals surface area contributed by atoms with Crippen molar-refractivity contribution in [1.82, 2.24) is 5.32 Å². The van der Waals surface area contributed by atoms with Crippen molar-refractivity contribution in [2.24, 2.45) is 22.2 Å². The molecule has 0 fully saturated rings. The molecule has 0 saturated heterocycles. The SMILES string of the molecule is CN.CNCCCOc1cccc(-c2ccc(-c3cccc(OCCCN=CN)c3)s2)c1.N=CN. The largest absolute Gasteiger partial charge is 0.494 e. The molecule has 0 aliphatic heterocycles. The second-order valence-electron chi connectivity index (χ2n) is 6.95. The van der Waals surface area contributed by atoms with Gasteiger partial charge in [0.25, 0.3) is 0 Å². The van der Waals surface area contributed by atoms with E-state index in [1.807, 2.05) is 31.3 Å². The van der Waals surface area contributed by atoms with Crippen molar-refractivity contribution < 1.29 is 9.47 Å². The zero-order chi connectivity index (χ0) is 25.7. The molecule has 0 radical (unpaired) electrons. The molecule has 9 heteroatoms. The van der Waals surface area contributed by atoms with Gasteiger partial charge < -0.3 is 32.0 Å². The first-order valence-corrected chi connectivity index (χ1v) is 12.2. The van der Waals surface area contributed by atoms with Gasteiger partial charge in [0.05, 0.1) is 25.9 Å². The van der Waals surface area contributed by atoms with Crippen molar-refractivity contribution >= 4 is 24.0 Å². The molecule has 35 heavy (non-hydrogen) atoms. The summed E-state index contributed by atoms with van der Waals surface area (Å²) in [5.74, 6) is 1.78. The molecule has 0 bridgehead atoms. The van der Waals surface area contributed by atoms with Gasteiger partial charge in [-0.1, -0.05) is 24.3 Å². The number of hydrogen-bond acceptors (Lipinski definition) is 7. The van der Waals surface area contributed by atoms with E-state index in [-0.39, 0.29) is 0 Å². The Balaban J connectivity index is 0.00000114. The normalized spacial score (nSPS) is 10.0. The van der Waals surface area contributed by atoms with Gasteiger partial charge in [-0.15, -0.1) is 11.3 Å². The van der Waals surface area contributed by atoms with Crippen LogP contribution in [0.2, 0.25) is 0 Å². The Morgan fingerprint density at radius 1 is 0.886 bits per heavy atom. The van der Waals surface area contributed by atoms with Crippen LogP contribution in [-0.4, -0.2) is 53.1 Å². The molecule has 0 amide bonds. The van der Waals surface area contributed by atoms with E-state index in [0.29, 0.717) is 19.8 Å². The fourth-order valence-corrected chi connectivity index (χ4v) is 3.98. The molecule has 0 aliphatic rings. The minimum Gasteiger partial charge on any atom is -0.494 e. The summed E-state index contributed by atoms with van der Waals surface area (Å²) in [5.41, 5.74) is 16.5. The standard InChI is InChI=1S/C24H29N3O2S.CH4N2.CH5N/c1-26-12-4-14-28-21-8-2-6-19(16-21)23-10-11-24(30-23)20-7-3-9-22(17-20)29-15-5-13-27-18-25;2-1-3;1-2/h2-3,6-11,16-18,26H,4-5,12-15H2,1H3,(H2,25,27);1H,(H3,2,3);2H2,1H3. The highest BCUT2D eigenvalue weighted by Gasteiger charge is 2.07. The molecule has 2 aromatic carbocycles. The van der Waals surface area contributed by atoms with Crippen molar-refractivity contribution in [3.8, 4) is 32.4 Å². The fraction of sp³-hybridized carbons (Fsp3) is 0.308. The van der Waals surface area contributed by atoms with Gasteiger partial charge in [0.2, 0.25) is 0 Å². The zero-order valence-electron chi connectivity index (χ0n) is 20.6. The lowest BCUT2D eigenvalue weighted by Crippen LogP contribution is -2.11. The van der Waals surface area contributed by atoms with Crippen LogP contribution < -0.4 is 32.0 Å². The highest BCUT2D eigenvalue weighted by molar-refractivity contribution is 7.18. The number of nitrogens with one attached hydrogen (secondary N) is 2. The first-order valence-electron chi connectivity index (χ1n) is 11.4. The second-order valence-corrected chi connectivity index (χ2v) is 8.03. The van der Waals surface area contributed by atoms with Gasteiger partial charge in [0, 0.05) is 22.7 Å². The maximum Gasteiger partial charge on any atom is 0.119 e. The van der Waals surface area contributed by atoms with Gasteiger partial charge >= 0.3 is 0 Å². The number of thiophene rings is 1. The summed E-state index contributed by atoms with van der Waals surface area (Å²) in [7, 11) is 3.45. The van der Waals surface area contributed by atoms with E-state index in [4.69, 9.17) is 20.6 Å². The molecule has 0 spiro atoms. The summed E-state index contributed by atoms with van der Waals surface area (Å²) >= 11 is 1.77. The average molecular weight is 499 g/mol. The molecule has 8 N–H and O–H groups in total. The summed E-state index contributed by atoms with van der Waals surface area (Å²) in [6.45, 7) is 2.98. The quantitative estimate of drug-likeness (QED) is 0.145.